The van der Waals surface area contributed by atoms with E-state index in [-0.39, 0.29) is 0 Å². The third kappa shape index (κ3) is 3.50. The molecule has 0 aliphatic rings. The number of aliphatic hydroxyl groups excluding tert-OH is 1. The van der Waals surface area contributed by atoms with Gasteiger partial charge in [0.05, 0.1) is 11.1 Å². The Bertz CT molecular complexity index is 597. The van der Waals surface area contributed by atoms with Crippen LogP contribution >= 0.6 is 27.5 Å². The average molecular weight is 342 g/mol. The molecule has 0 saturated heterocycles. The molecule has 0 aromatic heterocycles. The Balaban J connectivity index is 2.26. The van der Waals surface area contributed by atoms with Gasteiger partial charge in [-0.15, -0.1) is 0 Å². The number of rotatable bonds is 3. The van der Waals surface area contributed by atoms with E-state index < -0.39 is 6.10 Å². The van der Waals surface area contributed by atoms with E-state index in [1.54, 1.807) is 25.1 Å². The second-order valence-corrected chi connectivity index (χ2v) is 5.69. The number of halogens is 2. The molecule has 0 amide bonds. The van der Waals surface area contributed by atoms with Crippen molar-refractivity contribution in [1.82, 2.24) is 0 Å². The Morgan fingerprint density at radius 1 is 1.21 bits per heavy atom. The molecule has 0 aliphatic heterocycles. The summed E-state index contributed by atoms with van der Waals surface area (Å²) in [7, 11) is 0. The third-order valence-electron chi connectivity index (χ3n) is 2.79. The Morgan fingerprint density at radius 3 is 2.53 bits per heavy atom. The van der Waals surface area contributed by atoms with E-state index in [9.17, 15) is 5.11 Å². The topological polar surface area (TPSA) is 29.5 Å². The van der Waals surface area contributed by atoms with Crippen molar-refractivity contribution in [2.45, 2.75) is 20.0 Å². The fraction of sp³-hybridized carbons (Fsp3) is 0.200. The molecule has 0 aliphatic carbocycles. The molecule has 2 aromatic rings. The first-order chi connectivity index (χ1) is 8.97. The lowest BCUT2D eigenvalue weighted by atomic mass is 10.1. The maximum absolute atomic E-state index is 9.53. The summed E-state index contributed by atoms with van der Waals surface area (Å²) in [5.41, 5.74) is 1.73. The lowest BCUT2D eigenvalue weighted by molar-refractivity contribution is 0.199. The van der Waals surface area contributed by atoms with Crippen LogP contribution in [0.15, 0.2) is 40.9 Å². The Hall–Kier alpha value is -1.03. The Kier molecular flexibility index (Phi) is 4.50. The van der Waals surface area contributed by atoms with E-state index in [4.69, 9.17) is 16.3 Å². The van der Waals surface area contributed by atoms with Crippen LogP contribution in [-0.2, 0) is 0 Å². The molecule has 0 spiro atoms. The molecule has 4 heteroatoms. The molecule has 0 heterocycles. The summed E-state index contributed by atoms with van der Waals surface area (Å²) in [6.45, 7) is 3.66. The Labute approximate surface area is 126 Å². The van der Waals surface area contributed by atoms with Crippen LogP contribution in [0.1, 0.15) is 24.2 Å². The van der Waals surface area contributed by atoms with Crippen LogP contribution in [0.5, 0.6) is 11.5 Å². The summed E-state index contributed by atoms with van der Waals surface area (Å²) in [5.74, 6) is 1.43. The highest BCUT2D eigenvalue weighted by molar-refractivity contribution is 9.10. The van der Waals surface area contributed by atoms with Gasteiger partial charge in [0.15, 0.2) is 0 Å². The molecule has 2 aromatic carbocycles. The minimum Gasteiger partial charge on any atom is -0.457 e. The standard InChI is InChI=1S/C15H14BrClO2/c1-9-7-11(16)3-6-15(9)19-12-4-5-13(10(2)18)14(17)8-12/h3-8,10,18H,1-2H3. The van der Waals surface area contributed by atoms with Gasteiger partial charge in [0.1, 0.15) is 11.5 Å². The summed E-state index contributed by atoms with van der Waals surface area (Å²) >= 11 is 9.52. The van der Waals surface area contributed by atoms with Crippen molar-refractivity contribution < 1.29 is 9.84 Å². The highest BCUT2D eigenvalue weighted by Crippen LogP contribution is 2.31. The fourth-order valence-electron chi connectivity index (χ4n) is 1.76. The lowest BCUT2D eigenvalue weighted by Crippen LogP contribution is -1.93. The number of hydrogen-bond acceptors (Lipinski definition) is 2. The quantitative estimate of drug-likeness (QED) is 0.825. The van der Waals surface area contributed by atoms with E-state index >= 15 is 0 Å². The summed E-state index contributed by atoms with van der Waals surface area (Å²) < 4.78 is 6.81. The summed E-state index contributed by atoms with van der Waals surface area (Å²) in [6.07, 6.45) is -0.587. The van der Waals surface area contributed by atoms with E-state index in [1.165, 1.54) is 0 Å². The van der Waals surface area contributed by atoms with Crippen LogP contribution in [0.25, 0.3) is 0 Å². The summed E-state index contributed by atoms with van der Waals surface area (Å²) in [6, 6.07) is 11.1. The van der Waals surface area contributed by atoms with Crippen LogP contribution < -0.4 is 4.74 Å². The molecule has 100 valence electrons. The van der Waals surface area contributed by atoms with E-state index in [0.717, 1.165) is 15.8 Å². The van der Waals surface area contributed by atoms with Gasteiger partial charge in [0, 0.05) is 4.47 Å². The van der Waals surface area contributed by atoms with Gasteiger partial charge in [-0.05, 0) is 55.3 Å². The molecular formula is C15H14BrClO2. The second kappa shape index (κ2) is 5.95. The number of benzene rings is 2. The van der Waals surface area contributed by atoms with Gasteiger partial charge in [0.2, 0.25) is 0 Å². The second-order valence-electron chi connectivity index (χ2n) is 4.37. The lowest BCUT2D eigenvalue weighted by Gasteiger charge is -2.12. The number of aliphatic hydroxyl groups is 1. The maximum Gasteiger partial charge on any atom is 0.130 e. The van der Waals surface area contributed by atoms with E-state index in [1.807, 2.05) is 25.1 Å². The zero-order valence-corrected chi connectivity index (χ0v) is 13.0. The van der Waals surface area contributed by atoms with Crippen LogP contribution in [0, 0.1) is 6.92 Å². The average Bonchev–Trinajstić information content (AvgIpc) is 2.32. The number of hydrogen-bond donors (Lipinski definition) is 1. The van der Waals surface area contributed by atoms with Gasteiger partial charge in [-0.3, -0.25) is 0 Å². The monoisotopic (exact) mass is 340 g/mol. The SMILES string of the molecule is Cc1cc(Br)ccc1Oc1ccc(C(C)O)c(Cl)c1. The van der Waals surface area contributed by atoms with Gasteiger partial charge < -0.3 is 9.84 Å². The normalized spacial score (nSPS) is 12.3. The van der Waals surface area contributed by atoms with Crippen molar-refractivity contribution in [1.29, 1.82) is 0 Å². The van der Waals surface area contributed by atoms with Crippen LogP contribution in [0.2, 0.25) is 5.02 Å². The smallest absolute Gasteiger partial charge is 0.130 e. The zero-order chi connectivity index (χ0) is 14.0. The predicted molar refractivity (Wildman–Crippen MR) is 81.0 cm³/mol. The minimum atomic E-state index is -0.587. The first kappa shape index (κ1) is 14.4. The van der Waals surface area contributed by atoms with Crippen molar-refractivity contribution in [2.24, 2.45) is 0 Å². The van der Waals surface area contributed by atoms with Crippen LogP contribution in [0.4, 0.5) is 0 Å². The van der Waals surface area contributed by atoms with Crippen molar-refractivity contribution in [3.8, 4) is 11.5 Å². The van der Waals surface area contributed by atoms with Gasteiger partial charge in [-0.2, -0.15) is 0 Å². The molecule has 0 bridgehead atoms. The predicted octanol–water partition coefficient (Wildman–Crippen LogP) is 5.26. The minimum absolute atomic E-state index is 0.502. The molecular weight excluding hydrogens is 328 g/mol. The molecule has 1 unspecified atom stereocenters. The van der Waals surface area contributed by atoms with Crippen molar-refractivity contribution in [3.63, 3.8) is 0 Å². The summed E-state index contributed by atoms with van der Waals surface area (Å²) in [5, 5.41) is 10.0. The maximum atomic E-state index is 9.53. The molecule has 0 fully saturated rings. The molecule has 0 saturated carbocycles. The van der Waals surface area contributed by atoms with Crippen LogP contribution in [0.3, 0.4) is 0 Å². The first-order valence-electron chi connectivity index (χ1n) is 5.89. The molecule has 0 radical (unpaired) electrons. The largest absolute Gasteiger partial charge is 0.457 e. The molecule has 19 heavy (non-hydrogen) atoms. The zero-order valence-electron chi connectivity index (χ0n) is 10.7. The van der Waals surface area contributed by atoms with Crippen molar-refractivity contribution >= 4 is 27.5 Å². The van der Waals surface area contributed by atoms with E-state index in [2.05, 4.69) is 15.9 Å². The number of ether oxygens (including phenoxy) is 1. The number of aryl methyl sites for hydroxylation is 1. The molecule has 2 nitrogen and oxygen atoms in total. The third-order valence-corrected chi connectivity index (χ3v) is 3.61. The fourth-order valence-corrected chi connectivity index (χ4v) is 2.57. The Morgan fingerprint density at radius 2 is 1.95 bits per heavy atom. The molecule has 1 atom stereocenters. The van der Waals surface area contributed by atoms with Crippen LogP contribution in [-0.4, -0.2) is 5.11 Å². The molecule has 1 N–H and O–H groups in total. The van der Waals surface area contributed by atoms with Gasteiger partial charge >= 0.3 is 0 Å². The van der Waals surface area contributed by atoms with Crippen molar-refractivity contribution in [2.75, 3.05) is 0 Å². The summed E-state index contributed by atoms with van der Waals surface area (Å²) in [4.78, 5) is 0. The highest BCUT2D eigenvalue weighted by atomic mass is 79.9. The molecule has 2 rings (SSSR count). The van der Waals surface area contributed by atoms with Gasteiger partial charge in [0.25, 0.3) is 0 Å². The highest BCUT2D eigenvalue weighted by Gasteiger charge is 2.09. The van der Waals surface area contributed by atoms with Crippen molar-refractivity contribution in [3.05, 3.63) is 57.0 Å². The van der Waals surface area contributed by atoms with Gasteiger partial charge in [-0.1, -0.05) is 33.6 Å². The first-order valence-corrected chi connectivity index (χ1v) is 7.06. The van der Waals surface area contributed by atoms with E-state index in [0.29, 0.717) is 16.3 Å². The van der Waals surface area contributed by atoms with Gasteiger partial charge in [-0.25, -0.2) is 0 Å².